The van der Waals surface area contributed by atoms with Crippen LogP contribution in [-0.4, -0.2) is 42.2 Å². The molecule has 0 aliphatic carbocycles. The van der Waals surface area contributed by atoms with Crippen molar-refractivity contribution in [1.29, 1.82) is 0 Å². The zero-order chi connectivity index (χ0) is 27.8. The highest BCUT2D eigenvalue weighted by Gasteiger charge is 2.25. The van der Waals surface area contributed by atoms with E-state index in [-0.39, 0.29) is 24.5 Å². The Balaban J connectivity index is 1.95. The lowest BCUT2D eigenvalue weighted by atomic mass is 9.96. The summed E-state index contributed by atoms with van der Waals surface area (Å²) in [4.78, 5) is 13.1. The number of furan rings is 1. The molecular weight excluding hydrogens is 531 g/mol. The van der Waals surface area contributed by atoms with Gasteiger partial charge in [0.15, 0.2) is 5.78 Å². The summed E-state index contributed by atoms with van der Waals surface area (Å²) < 4.78 is 71.1. The monoisotopic (exact) mass is 558 g/mol. The number of nitrogens with one attached hydrogen (secondary N) is 1. The van der Waals surface area contributed by atoms with Crippen molar-refractivity contribution in [1.82, 2.24) is 4.72 Å². The van der Waals surface area contributed by atoms with Gasteiger partial charge in [0.05, 0.1) is 23.8 Å². The second kappa shape index (κ2) is 10.3. The van der Waals surface area contributed by atoms with E-state index in [1.807, 2.05) is 0 Å². The molecule has 8 nitrogen and oxygen atoms in total. The molecule has 0 amide bonds. The Bertz CT molecular complexity index is 1730. The second-order valence-corrected chi connectivity index (χ2v) is 12.8. The van der Waals surface area contributed by atoms with Crippen molar-refractivity contribution < 1.29 is 30.4 Å². The number of ketones is 1. The van der Waals surface area contributed by atoms with Crippen molar-refractivity contribution in [3.8, 4) is 22.5 Å². The normalized spacial score (nSPS) is 12.1. The van der Waals surface area contributed by atoms with Gasteiger partial charge in [0, 0.05) is 42.6 Å². The highest BCUT2D eigenvalue weighted by molar-refractivity contribution is 7.92. The number of carbonyl (C=O) groups is 1. The molecule has 200 valence electrons. The van der Waals surface area contributed by atoms with Gasteiger partial charge in [-0.25, -0.2) is 25.9 Å². The van der Waals surface area contributed by atoms with Crippen LogP contribution in [0.4, 0.5) is 10.1 Å². The Morgan fingerprint density at radius 3 is 2.11 bits per heavy atom. The Hall–Kier alpha value is -3.54. The van der Waals surface area contributed by atoms with Gasteiger partial charge in [-0.1, -0.05) is 31.2 Å². The molecule has 1 N–H and O–H groups in total. The second-order valence-electron chi connectivity index (χ2n) is 8.98. The van der Waals surface area contributed by atoms with Crippen molar-refractivity contribution in [2.45, 2.75) is 19.9 Å². The number of fused-ring (bicyclic) bond motifs is 1. The van der Waals surface area contributed by atoms with Crippen molar-refractivity contribution in [2.24, 2.45) is 0 Å². The molecular formula is C27H27FN2O6S2. The molecule has 1 heterocycles. The minimum Gasteiger partial charge on any atom is -0.455 e. The maximum atomic E-state index is 13.6. The maximum absolute atomic E-state index is 13.6. The lowest BCUT2D eigenvalue weighted by Crippen LogP contribution is -2.25. The van der Waals surface area contributed by atoms with Crippen LogP contribution in [0.5, 0.6) is 0 Å². The molecule has 38 heavy (non-hydrogen) atoms. The fourth-order valence-electron chi connectivity index (χ4n) is 4.08. The highest BCUT2D eigenvalue weighted by atomic mass is 32.2. The highest BCUT2D eigenvalue weighted by Crippen LogP contribution is 2.41. The van der Waals surface area contributed by atoms with Crippen LogP contribution in [0, 0.1) is 5.82 Å². The van der Waals surface area contributed by atoms with Gasteiger partial charge in [0.2, 0.25) is 20.0 Å². The summed E-state index contributed by atoms with van der Waals surface area (Å²) in [5.74, 6) is -0.331. The topological polar surface area (TPSA) is 114 Å². The van der Waals surface area contributed by atoms with Gasteiger partial charge in [-0.05, 0) is 41.5 Å². The molecule has 1 aromatic heterocycles. The van der Waals surface area contributed by atoms with E-state index in [9.17, 15) is 26.0 Å². The number of sulfonamides is 2. The van der Waals surface area contributed by atoms with Crippen molar-refractivity contribution in [3.05, 3.63) is 77.6 Å². The molecule has 0 aliphatic rings. The van der Waals surface area contributed by atoms with Crippen molar-refractivity contribution in [3.63, 3.8) is 0 Å². The minimum atomic E-state index is -3.66. The quantitative estimate of drug-likeness (QED) is 0.291. The number of anilines is 1. The van der Waals surface area contributed by atoms with Crippen LogP contribution in [0.2, 0.25) is 0 Å². The van der Waals surface area contributed by atoms with Crippen LogP contribution in [0.15, 0.2) is 65.1 Å². The van der Waals surface area contributed by atoms with Gasteiger partial charge in [-0.15, -0.1) is 0 Å². The van der Waals surface area contributed by atoms with Gasteiger partial charge >= 0.3 is 0 Å². The van der Waals surface area contributed by atoms with Crippen molar-refractivity contribution in [2.75, 3.05) is 23.9 Å². The first kappa shape index (κ1) is 27.5. The number of halogens is 1. The lowest BCUT2D eigenvalue weighted by molar-refractivity contribution is 0.0989. The number of nitrogens with zero attached hydrogens (tertiary/aromatic N) is 1. The first-order chi connectivity index (χ1) is 17.8. The average molecular weight is 559 g/mol. The molecule has 4 rings (SSSR count). The number of Topliss-reactive ketones (excluding diaryl/α,β-unsaturated/α-hetero) is 1. The Kier molecular flexibility index (Phi) is 7.46. The zero-order valence-corrected chi connectivity index (χ0v) is 22.9. The summed E-state index contributed by atoms with van der Waals surface area (Å²) >= 11 is 0. The first-order valence-corrected chi connectivity index (χ1v) is 15.4. The largest absolute Gasteiger partial charge is 0.455 e. The summed E-state index contributed by atoms with van der Waals surface area (Å²) in [7, 11) is -5.61. The smallest absolute Gasteiger partial charge is 0.232 e. The summed E-state index contributed by atoms with van der Waals surface area (Å²) in [6.45, 7) is 1.83. The third-order valence-electron chi connectivity index (χ3n) is 6.15. The summed E-state index contributed by atoms with van der Waals surface area (Å²) in [5.41, 5.74) is 3.38. The molecule has 0 unspecified atom stereocenters. The molecule has 0 spiro atoms. The predicted octanol–water partition coefficient (Wildman–Crippen LogP) is 4.94. The van der Waals surface area contributed by atoms with E-state index in [1.165, 1.54) is 31.3 Å². The molecule has 0 atom stereocenters. The van der Waals surface area contributed by atoms with Gasteiger partial charge in [0.1, 0.15) is 17.2 Å². The Morgan fingerprint density at radius 2 is 1.55 bits per heavy atom. The molecule has 0 saturated carbocycles. The van der Waals surface area contributed by atoms with Crippen LogP contribution in [0.25, 0.3) is 33.4 Å². The SMILES string of the molecule is CCC(=O)c1c(-c2ccc(F)cc2)oc2cc(N(C)S(C)(=O)=O)c(-c3ccc(CNS(C)(=O)=O)cc3)cc12. The van der Waals surface area contributed by atoms with Gasteiger partial charge in [0.25, 0.3) is 0 Å². The van der Waals surface area contributed by atoms with Crippen molar-refractivity contribution >= 4 is 42.5 Å². The Labute approximate surface area is 221 Å². The molecule has 0 saturated heterocycles. The third kappa shape index (κ3) is 5.79. The van der Waals surface area contributed by atoms with E-state index in [4.69, 9.17) is 4.42 Å². The van der Waals surface area contributed by atoms with E-state index in [2.05, 4.69) is 4.72 Å². The number of hydrogen-bond donors (Lipinski definition) is 1. The third-order valence-corrected chi connectivity index (χ3v) is 8.01. The lowest BCUT2D eigenvalue weighted by Gasteiger charge is -2.21. The molecule has 0 bridgehead atoms. The van der Waals surface area contributed by atoms with E-state index in [0.717, 1.165) is 16.8 Å². The first-order valence-electron chi connectivity index (χ1n) is 11.7. The number of rotatable bonds is 9. The fraction of sp³-hybridized carbons (Fsp3) is 0.222. The van der Waals surface area contributed by atoms with E-state index in [0.29, 0.717) is 44.5 Å². The average Bonchev–Trinajstić information content (AvgIpc) is 3.24. The fourth-order valence-corrected chi connectivity index (χ4v) is 5.01. The molecule has 3 aromatic carbocycles. The van der Waals surface area contributed by atoms with Crippen LogP contribution < -0.4 is 9.03 Å². The molecule has 11 heteroatoms. The molecule has 0 radical (unpaired) electrons. The summed E-state index contributed by atoms with van der Waals surface area (Å²) in [6.07, 6.45) is 2.36. The van der Waals surface area contributed by atoms with Crippen LogP contribution in [0.3, 0.4) is 0 Å². The molecule has 0 aliphatic heterocycles. The number of carbonyl (C=O) groups excluding carboxylic acids is 1. The van der Waals surface area contributed by atoms with Crippen LogP contribution in [-0.2, 0) is 26.6 Å². The van der Waals surface area contributed by atoms with Gasteiger partial charge < -0.3 is 4.42 Å². The van der Waals surface area contributed by atoms with Crippen LogP contribution in [0.1, 0.15) is 29.3 Å². The van der Waals surface area contributed by atoms with Crippen LogP contribution >= 0.6 is 0 Å². The number of hydrogen-bond acceptors (Lipinski definition) is 6. The molecule has 0 fully saturated rings. The van der Waals surface area contributed by atoms with E-state index in [1.54, 1.807) is 43.3 Å². The number of benzene rings is 3. The predicted molar refractivity (Wildman–Crippen MR) is 147 cm³/mol. The van der Waals surface area contributed by atoms with Gasteiger partial charge in [-0.3, -0.25) is 9.10 Å². The van der Waals surface area contributed by atoms with E-state index < -0.39 is 25.9 Å². The standard InChI is InChI=1S/C27H27FN2O6S2/c1-5-24(31)26-22-14-21(18-8-6-17(7-9-18)16-29-37(3,32)33)23(30(2)38(4,34)35)15-25(22)36-27(26)19-10-12-20(28)13-11-19/h6-15,29H,5,16H2,1-4H3. The Morgan fingerprint density at radius 1 is 0.947 bits per heavy atom. The summed E-state index contributed by atoms with van der Waals surface area (Å²) in [6, 6.07) is 15.9. The maximum Gasteiger partial charge on any atom is 0.232 e. The van der Waals surface area contributed by atoms with E-state index >= 15 is 0 Å². The summed E-state index contributed by atoms with van der Waals surface area (Å²) in [5, 5.41) is 0.500. The molecule has 4 aromatic rings. The van der Waals surface area contributed by atoms with Gasteiger partial charge in [-0.2, -0.15) is 0 Å². The minimum absolute atomic E-state index is 0.103. The zero-order valence-electron chi connectivity index (χ0n) is 21.3.